The van der Waals surface area contributed by atoms with E-state index < -0.39 is 0 Å². The van der Waals surface area contributed by atoms with Gasteiger partial charge in [0.05, 0.1) is 12.2 Å². The highest BCUT2D eigenvalue weighted by atomic mass is 16.5. The molecule has 3 atom stereocenters. The zero-order chi connectivity index (χ0) is 9.47. The first kappa shape index (κ1) is 9.47. The molecule has 13 heavy (non-hydrogen) atoms. The fraction of sp³-hybridized carbons (Fsp3) is 1.00. The molecular weight excluding hydrogens is 162 g/mol. The fourth-order valence-corrected chi connectivity index (χ4v) is 2.72. The molecule has 2 fully saturated rings. The second kappa shape index (κ2) is 3.25. The lowest BCUT2D eigenvalue weighted by molar-refractivity contribution is -0.126. The van der Waals surface area contributed by atoms with Crippen LogP contribution >= 0.6 is 0 Å². The third-order valence-electron chi connectivity index (χ3n) is 3.52. The van der Waals surface area contributed by atoms with Crippen LogP contribution in [0.25, 0.3) is 0 Å². The summed E-state index contributed by atoms with van der Waals surface area (Å²) in [6, 6.07) is 0.611. The Hall–Kier alpha value is -0.0800. The Morgan fingerprint density at radius 1 is 1.38 bits per heavy atom. The Labute approximate surface area is 81.0 Å². The highest BCUT2D eigenvalue weighted by Crippen LogP contribution is 2.39. The lowest BCUT2D eigenvalue weighted by Gasteiger charge is -2.48. The van der Waals surface area contributed by atoms with Gasteiger partial charge in [0.2, 0.25) is 0 Å². The van der Waals surface area contributed by atoms with Gasteiger partial charge in [-0.1, -0.05) is 20.3 Å². The van der Waals surface area contributed by atoms with Gasteiger partial charge in [-0.3, -0.25) is 0 Å². The molecule has 1 saturated heterocycles. The molecule has 1 N–H and O–H groups in total. The van der Waals surface area contributed by atoms with Crippen LogP contribution in [-0.4, -0.2) is 24.8 Å². The monoisotopic (exact) mass is 183 g/mol. The lowest BCUT2D eigenvalue weighted by Crippen LogP contribution is -2.58. The second-order valence-corrected chi connectivity index (χ2v) is 5.26. The standard InChI is InChI=1S/C11H21NO/c1-8-7-12-9-5-4-6-11(2,3)10(9)13-8/h8-10,12H,4-7H2,1-3H3. The number of rotatable bonds is 0. The van der Waals surface area contributed by atoms with Gasteiger partial charge in [0.15, 0.2) is 0 Å². The summed E-state index contributed by atoms with van der Waals surface area (Å²) in [6.45, 7) is 7.86. The maximum absolute atomic E-state index is 6.04. The molecule has 3 unspecified atom stereocenters. The summed E-state index contributed by atoms with van der Waals surface area (Å²) in [7, 11) is 0. The average molecular weight is 183 g/mol. The van der Waals surface area contributed by atoms with Crippen molar-refractivity contribution in [1.82, 2.24) is 5.32 Å². The number of nitrogens with one attached hydrogen (secondary N) is 1. The molecule has 0 spiro atoms. The van der Waals surface area contributed by atoms with Crippen LogP contribution in [0.15, 0.2) is 0 Å². The predicted octanol–water partition coefficient (Wildman–Crippen LogP) is 1.94. The van der Waals surface area contributed by atoms with E-state index in [4.69, 9.17) is 4.74 Å². The van der Waals surface area contributed by atoms with Gasteiger partial charge in [0.25, 0.3) is 0 Å². The number of hydrogen-bond donors (Lipinski definition) is 1. The topological polar surface area (TPSA) is 21.3 Å². The van der Waals surface area contributed by atoms with Gasteiger partial charge in [-0.25, -0.2) is 0 Å². The van der Waals surface area contributed by atoms with Crippen LogP contribution in [0.1, 0.15) is 40.0 Å². The van der Waals surface area contributed by atoms with Crippen LogP contribution in [0.5, 0.6) is 0 Å². The van der Waals surface area contributed by atoms with E-state index in [0.717, 1.165) is 6.54 Å². The maximum Gasteiger partial charge on any atom is 0.0783 e. The van der Waals surface area contributed by atoms with Crippen molar-refractivity contribution in [2.24, 2.45) is 5.41 Å². The third kappa shape index (κ3) is 1.75. The van der Waals surface area contributed by atoms with E-state index in [9.17, 15) is 0 Å². The van der Waals surface area contributed by atoms with Crippen molar-refractivity contribution in [2.75, 3.05) is 6.54 Å². The molecular formula is C11H21NO. The molecule has 2 nitrogen and oxygen atoms in total. The van der Waals surface area contributed by atoms with Crippen LogP contribution in [-0.2, 0) is 4.74 Å². The van der Waals surface area contributed by atoms with Gasteiger partial charge in [0, 0.05) is 12.6 Å². The molecule has 0 radical (unpaired) electrons. The van der Waals surface area contributed by atoms with Crippen LogP contribution < -0.4 is 5.32 Å². The first-order valence-corrected chi connectivity index (χ1v) is 5.48. The zero-order valence-electron chi connectivity index (χ0n) is 8.97. The summed E-state index contributed by atoms with van der Waals surface area (Å²) < 4.78 is 6.04. The molecule has 0 aromatic carbocycles. The SMILES string of the molecule is CC1CNC2CCCC(C)(C)C2O1. The summed E-state index contributed by atoms with van der Waals surface area (Å²) >= 11 is 0. The van der Waals surface area contributed by atoms with E-state index in [-0.39, 0.29) is 0 Å². The number of hydrogen-bond acceptors (Lipinski definition) is 2. The molecule has 0 amide bonds. The molecule has 1 aliphatic carbocycles. The Bertz CT molecular complexity index is 191. The van der Waals surface area contributed by atoms with Gasteiger partial charge < -0.3 is 10.1 Å². The summed E-state index contributed by atoms with van der Waals surface area (Å²) in [5, 5.41) is 3.60. The quantitative estimate of drug-likeness (QED) is 0.619. The largest absolute Gasteiger partial charge is 0.372 e. The van der Waals surface area contributed by atoms with E-state index in [1.807, 2.05) is 0 Å². The van der Waals surface area contributed by atoms with Crippen molar-refractivity contribution in [2.45, 2.75) is 58.3 Å². The highest BCUT2D eigenvalue weighted by Gasteiger charge is 2.42. The van der Waals surface area contributed by atoms with Crippen molar-refractivity contribution in [3.63, 3.8) is 0 Å². The average Bonchev–Trinajstić information content (AvgIpc) is 2.06. The van der Waals surface area contributed by atoms with E-state index in [0.29, 0.717) is 23.7 Å². The van der Waals surface area contributed by atoms with Gasteiger partial charge in [-0.05, 0) is 25.2 Å². The first-order chi connectivity index (χ1) is 6.09. The Morgan fingerprint density at radius 3 is 2.92 bits per heavy atom. The minimum absolute atomic E-state index is 0.366. The van der Waals surface area contributed by atoms with Gasteiger partial charge in [-0.15, -0.1) is 0 Å². The number of ether oxygens (including phenoxy) is 1. The van der Waals surface area contributed by atoms with Gasteiger partial charge in [-0.2, -0.15) is 0 Å². The first-order valence-electron chi connectivity index (χ1n) is 5.48. The van der Waals surface area contributed by atoms with Gasteiger partial charge in [0.1, 0.15) is 0 Å². The normalized spacial score (nSPS) is 44.1. The van der Waals surface area contributed by atoms with Crippen molar-refractivity contribution in [1.29, 1.82) is 0 Å². The summed E-state index contributed by atoms with van der Waals surface area (Å²) in [5.74, 6) is 0. The van der Waals surface area contributed by atoms with Crippen molar-refractivity contribution in [3.8, 4) is 0 Å². The van der Waals surface area contributed by atoms with E-state index in [1.165, 1.54) is 19.3 Å². The van der Waals surface area contributed by atoms with E-state index >= 15 is 0 Å². The molecule has 2 heteroatoms. The maximum atomic E-state index is 6.04. The van der Waals surface area contributed by atoms with Gasteiger partial charge >= 0.3 is 0 Å². The number of fused-ring (bicyclic) bond motifs is 1. The fourth-order valence-electron chi connectivity index (χ4n) is 2.72. The molecule has 1 heterocycles. The van der Waals surface area contributed by atoms with E-state index in [2.05, 4.69) is 26.1 Å². The molecule has 1 saturated carbocycles. The molecule has 76 valence electrons. The second-order valence-electron chi connectivity index (χ2n) is 5.26. The van der Waals surface area contributed by atoms with Crippen molar-refractivity contribution >= 4 is 0 Å². The lowest BCUT2D eigenvalue weighted by atomic mass is 9.72. The van der Waals surface area contributed by atoms with Crippen molar-refractivity contribution < 1.29 is 4.74 Å². The summed E-state index contributed by atoms with van der Waals surface area (Å²) in [5.41, 5.74) is 0.366. The number of morpholine rings is 1. The molecule has 2 aliphatic rings. The minimum Gasteiger partial charge on any atom is -0.372 e. The Kier molecular flexibility index (Phi) is 2.37. The molecule has 2 rings (SSSR count). The Morgan fingerprint density at radius 2 is 2.15 bits per heavy atom. The Balaban J connectivity index is 2.10. The van der Waals surface area contributed by atoms with Crippen LogP contribution in [0.4, 0.5) is 0 Å². The van der Waals surface area contributed by atoms with Crippen LogP contribution in [0.3, 0.4) is 0 Å². The summed E-state index contributed by atoms with van der Waals surface area (Å²) in [6.07, 6.45) is 4.77. The third-order valence-corrected chi connectivity index (χ3v) is 3.52. The molecule has 0 aromatic rings. The molecule has 0 aromatic heterocycles. The molecule has 0 bridgehead atoms. The van der Waals surface area contributed by atoms with E-state index in [1.54, 1.807) is 0 Å². The van der Waals surface area contributed by atoms with Crippen LogP contribution in [0.2, 0.25) is 0 Å². The molecule has 1 aliphatic heterocycles. The zero-order valence-corrected chi connectivity index (χ0v) is 8.97. The smallest absolute Gasteiger partial charge is 0.0783 e. The van der Waals surface area contributed by atoms with Crippen LogP contribution in [0, 0.1) is 5.41 Å². The van der Waals surface area contributed by atoms with Crippen molar-refractivity contribution in [3.05, 3.63) is 0 Å². The predicted molar refractivity (Wildman–Crippen MR) is 53.8 cm³/mol. The highest BCUT2D eigenvalue weighted by molar-refractivity contribution is 4.96. The summed E-state index contributed by atoms with van der Waals surface area (Å²) in [4.78, 5) is 0. The minimum atomic E-state index is 0.366.